The first-order chi connectivity index (χ1) is 8.78. The molecule has 0 radical (unpaired) electrons. The first-order valence-electron chi connectivity index (χ1n) is 6.87. The predicted molar refractivity (Wildman–Crippen MR) is 73.8 cm³/mol. The van der Waals surface area contributed by atoms with Gasteiger partial charge in [0, 0.05) is 24.4 Å². The van der Waals surface area contributed by atoms with E-state index in [2.05, 4.69) is 47.7 Å². The second kappa shape index (κ2) is 4.60. The fraction of sp³-hybridized carbons (Fsp3) is 0.438. The predicted octanol–water partition coefficient (Wildman–Crippen LogP) is 3.48. The number of fused-ring (bicyclic) bond motifs is 1. The van der Waals surface area contributed by atoms with E-state index >= 15 is 0 Å². The van der Waals surface area contributed by atoms with Crippen molar-refractivity contribution in [2.45, 2.75) is 45.6 Å². The molecule has 0 saturated heterocycles. The van der Waals surface area contributed by atoms with Crippen molar-refractivity contribution >= 4 is 0 Å². The molecule has 2 aromatic rings. The minimum atomic E-state index is 0.649. The van der Waals surface area contributed by atoms with E-state index < -0.39 is 0 Å². The van der Waals surface area contributed by atoms with Crippen LogP contribution in [-0.4, -0.2) is 9.55 Å². The Bertz CT molecular complexity index is 537. The normalized spacial score (nSPS) is 18.7. The van der Waals surface area contributed by atoms with Gasteiger partial charge in [0.2, 0.25) is 0 Å². The maximum Gasteiger partial charge on any atom is 0.105 e. The molecule has 0 bridgehead atoms. The summed E-state index contributed by atoms with van der Waals surface area (Å²) in [4.78, 5) is 4.42. The number of hydrogen-bond donors (Lipinski definition) is 0. The summed E-state index contributed by atoms with van der Waals surface area (Å²) in [6.45, 7) is 5.40. The topological polar surface area (TPSA) is 17.8 Å². The summed E-state index contributed by atoms with van der Waals surface area (Å²) >= 11 is 0. The highest BCUT2D eigenvalue weighted by Gasteiger charge is 2.21. The van der Waals surface area contributed by atoms with Gasteiger partial charge in [-0.1, -0.05) is 31.2 Å². The van der Waals surface area contributed by atoms with E-state index in [1.54, 1.807) is 0 Å². The molecule has 0 aliphatic carbocycles. The molecule has 0 spiro atoms. The van der Waals surface area contributed by atoms with Crippen LogP contribution >= 0.6 is 0 Å². The zero-order valence-corrected chi connectivity index (χ0v) is 11.2. The average Bonchev–Trinajstić information content (AvgIpc) is 2.80. The van der Waals surface area contributed by atoms with Crippen molar-refractivity contribution in [3.8, 4) is 0 Å². The zero-order chi connectivity index (χ0) is 12.5. The Kier molecular flexibility index (Phi) is 2.94. The lowest BCUT2D eigenvalue weighted by atomic mass is 9.90. The maximum absolute atomic E-state index is 4.42. The van der Waals surface area contributed by atoms with Crippen molar-refractivity contribution in [2.75, 3.05) is 0 Å². The Morgan fingerprint density at radius 2 is 2.06 bits per heavy atom. The van der Waals surface area contributed by atoms with Gasteiger partial charge in [-0.05, 0) is 37.3 Å². The van der Waals surface area contributed by atoms with Crippen molar-refractivity contribution < 1.29 is 0 Å². The molecule has 1 aromatic carbocycles. The molecule has 2 heteroatoms. The summed E-state index contributed by atoms with van der Waals surface area (Å²) in [6, 6.07) is 9.15. The first-order valence-corrected chi connectivity index (χ1v) is 6.87. The SMILES string of the molecule is CCc1ccc(C2CCc3cnc(C)n3C2)cc1. The van der Waals surface area contributed by atoms with Crippen molar-refractivity contribution in [3.05, 3.63) is 53.1 Å². The van der Waals surface area contributed by atoms with E-state index in [0.29, 0.717) is 5.92 Å². The summed E-state index contributed by atoms with van der Waals surface area (Å²) in [5.74, 6) is 1.80. The van der Waals surface area contributed by atoms with Crippen LogP contribution < -0.4 is 0 Å². The summed E-state index contributed by atoms with van der Waals surface area (Å²) in [5, 5.41) is 0. The number of aryl methyl sites for hydroxylation is 3. The molecule has 1 aromatic heterocycles. The third kappa shape index (κ3) is 1.96. The third-order valence-electron chi connectivity index (χ3n) is 4.15. The molecule has 1 aliphatic heterocycles. The molecule has 0 saturated carbocycles. The Labute approximate surface area is 109 Å². The van der Waals surface area contributed by atoms with Gasteiger partial charge in [0.25, 0.3) is 0 Å². The number of aromatic nitrogens is 2. The van der Waals surface area contributed by atoms with E-state index in [1.165, 1.54) is 23.2 Å². The zero-order valence-electron chi connectivity index (χ0n) is 11.2. The van der Waals surface area contributed by atoms with Gasteiger partial charge in [-0.15, -0.1) is 0 Å². The lowest BCUT2D eigenvalue weighted by Gasteiger charge is -2.25. The number of rotatable bonds is 2. The smallest absolute Gasteiger partial charge is 0.105 e. The van der Waals surface area contributed by atoms with Gasteiger partial charge in [-0.3, -0.25) is 0 Å². The monoisotopic (exact) mass is 240 g/mol. The highest BCUT2D eigenvalue weighted by molar-refractivity contribution is 5.26. The van der Waals surface area contributed by atoms with Gasteiger partial charge >= 0.3 is 0 Å². The summed E-state index contributed by atoms with van der Waals surface area (Å²) in [7, 11) is 0. The largest absolute Gasteiger partial charge is 0.332 e. The lowest BCUT2D eigenvalue weighted by Crippen LogP contribution is -2.19. The van der Waals surface area contributed by atoms with Gasteiger partial charge in [-0.25, -0.2) is 4.98 Å². The van der Waals surface area contributed by atoms with Crippen LogP contribution in [0.25, 0.3) is 0 Å². The molecule has 18 heavy (non-hydrogen) atoms. The van der Waals surface area contributed by atoms with Crippen LogP contribution in [0.3, 0.4) is 0 Å². The van der Waals surface area contributed by atoms with Crippen LogP contribution in [0.4, 0.5) is 0 Å². The fourth-order valence-electron chi connectivity index (χ4n) is 2.90. The Morgan fingerprint density at radius 1 is 1.28 bits per heavy atom. The van der Waals surface area contributed by atoms with Crippen LogP contribution in [0.2, 0.25) is 0 Å². The molecular weight excluding hydrogens is 220 g/mol. The Hall–Kier alpha value is -1.57. The standard InChI is InChI=1S/C16H20N2/c1-3-13-4-6-14(7-5-13)15-8-9-16-10-17-12(2)18(16)11-15/h4-7,10,15H,3,8-9,11H2,1-2H3. The quantitative estimate of drug-likeness (QED) is 0.785. The molecule has 1 atom stereocenters. The van der Waals surface area contributed by atoms with Crippen LogP contribution in [0.1, 0.15) is 41.9 Å². The lowest BCUT2D eigenvalue weighted by molar-refractivity contribution is 0.456. The summed E-state index contributed by atoms with van der Waals surface area (Å²) in [5.41, 5.74) is 4.30. The van der Waals surface area contributed by atoms with E-state index in [1.807, 2.05) is 6.20 Å². The van der Waals surface area contributed by atoms with Gasteiger partial charge in [0.1, 0.15) is 5.82 Å². The molecular formula is C16H20N2. The van der Waals surface area contributed by atoms with E-state index in [0.717, 1.165) is 25.2 Å². The van der Waals surface area contributed by atoms with Crippen LogP contribution in [0.5, 0.6) is 0 Å². The molecule has 1 aliphatic rings. The van der Waals surface area contributed by atoms with Crippen molar-refractivity contribution in [3.63, 3.8) is 0 Å². The number of nitrogens with zero attached hydrogens (tertiary/aromatic N) is 2. The van der Waals surface area contributed by atoms with Crippen LogP contribution in [-0.2, 0) is 19.4 Å². The van der Waals surface area contributed by atoms with E-state index in [4.69, 9.17) is 0 Å². The maximum atomic E-state index is 4.42. The highest BCUT2D eigenvalue weighted by Crippen LogP contribution is 2.29. The van der Waals surface area contributed by atoms with E-state index in [9.17, 15) is 0 Å². The van der Waals surface area contributed by atoms with Crippen molar-refractivity contribution in [1.82, 2.24) is 9.55 Å². The second-order valence-electron chi connectivity index (χ2n) is 5.24. The molecule has 2 heterocycles. The molecule has 2 nitrogen and oxygen atoms in total. The summed E-state index contributed by atoms with van der Waals surface area (Å²) < 4.78 is 2.38. The first kappa shape index (κ1) is 11.5. The molecule has 3 rings (SSSR count). The van der Waals surface area contributed by atoms with Crippen LogP contribution in [0.15, 0.2) is 30.5 Å². The number of hydrogen-bond acceptors (Lipinski definition) is 1. The third-order valence-corrected chi connectivity index (χ3v) is 4.15. The van der Waals surface area contributed by atoms with Crippen molar-refractivity contribution in [2.24, 2.45) is 0 Å². The number of imidazole rings is 1. The Balaban J connectivity index is 1.84. The van der Waals surface area contributed by atoms with Crippen LogP contribution in [0, 0.1) is 6.92 Å². The van der Waals surface area contributed by atoms with Gasteiger partial charge < -0.3 is 4.57 Å². The molecule has 1 unspecified atom stereocenters. The molecule has 0 amide bonds. The molecule has 0 fully saturated rings. The van der Waals surface area contributed by atoms with Gasteiger partial charge in [0.05, 0.1) is 0 Å². The summed E-state index contributed by atoms with van der Waals surface area (Å²) in [6.07, 6.45) is 5.55. The van der Waals surface area contributed by atoms with Gasteiger partial charge in [0.15, 0.2) is 0 Å². The average molecular weight is 240 g/mol. The number of benzene rings is 1. The minimum absolute atomic E-state index is 0.649. The Morgan fingerprint density at radius 3 is 2.78 bits per heavy atom. The van der Waals surface area contributed by atoms with Crippen molar-refractivity contribution in [1.29, 1.82) is 0 Å². The van der Waals surface area contributed by atoms with Gasteiger partial charge in [-0.2, -0.15) is 0 Å². The molecule has 94 valence electrons. The van der Waals surface area contributed by atoms with E-state index in [-0.39, 0.29) is 0 Å². The minimum Gasteiger partial charge on any atom is -0.332 e. The molecule has 0 N–H and O–H groups in total. The highest BCUT2D eigenvalue weighted by atomic mass is 15.1. The second-order valence-corrected chi connectivity index (χ2v) is 5.24. The fourth-order valence-corrected chi connectivity index (χ4v) is 2.90.